The molecule has 0 aliphatic heterocycles. The molecule has 0 bridgehead atoms. The Labute approximate surface area is 129 Å². The monoisotopic (exact) mass is 312 g/mol. The van der Waals surface area contributed by atoms with E-state index in [1.165, 1.54) is 0 Å². The third kappa shape index (κ3) is 3.44. The number of halogens is 2. The van der Waals surface area contributed by atoms with Crippen molar-refractivity contribution >= 4 is 5.91 Å². The molecular formula is C16H22F2N2O2. The fourth-order valence-electron chi connectivity index (χ4n) is 2.53. The Morgan fingerprint density at radius 1 is 1.36 bits per heavy atom. The lowest BCUT2D eigenvalue weighted by atomic mass is 9.75. The number of rotatable bonds is 6. The minimum absolute atomic E-state index is 0.0196. The lowest BCUT2D eigenvalue weighted by molar-refractivity contribution is -0.216. The second-order valence-corrected chi connectivity index (χ2v) is 6.20. The number of amides is 1. The third-order valence-electron chi connectivity index (χ3n) is 3.99. The molecule has 0 saturated heterocycles. The molecule has 0 atom stereocenters. The average molecular weight is 312 g/mol. The molecule has 1 aliphatic carbocycles. The van der Waals surface area contributed by atoms with E-state index in [-0.39, 0.29) is 19.4 Å². The summed E-state index contributed by atoms with van der Waals surface area (Å²) in [5.41, 5.74) is -0.380. The number of alkyl halides is 2. The summed E-state index contributed by atoms with van der Waals surface area (Å²) < 4.78 is 27.9. The summed E-state index contributed by atoms with van der Waals surface area (Å²) in [5, 5.41) is 12.0. The number of hydrogen-bond donors (Lipinski definition) is 2. The fraction of sp³-hybridized carbons (Fsp3) is 0.562. The van der Waals surface area contributed by atoms with Crippen molar-refractivity contribution in [3.63, 3.8) is 0 Å². The first-order valence-electron chi connectivity index (χ1n) is 7.36. The highest BCUT2D eigenvalue weighted by atomic mass is 19.3. The van der Waals surface area contributed by atoms with Crippen molar-refractivity contribution < 1.29 is 18.7 Å². The van der Waals surface area contributed by atoms with Gasteiger partial charge in [-0.05, 0) is 44.5 Å². The molecule has 1 aromatic rings. The predicted octanol–water partition coefficient (Wildman–Crippen LogP) is 1.91. The Bertz CT molecular complexity index is 543. The highest BCUT2D eigenvalue weighted by molar-refractivity contribution is 5.85. The number of carbonyl (C=O) groups excluding carboxylic acids is 1. The second kappa shape index (κ2) is 6.30. The van der Waals surface area contributed by atoms with Crippen LogP contribution in [0.25, 0.3) is 0 Å². The van der Waals surface area contributed by atoms with Crippen LogP contribution < -0.4 is 5.32 Å². The van der Waals surface area contributed by atoms with E-state index in [9.17, 15) is 18.7 Å². The van der Waals surface area contributed by atoms with Crippen LogP contribution >= 0.6 is 0 Å². The molecule has 0 heterocycles. The van der Waals surface area contributed by atoms with Crippen LogP contribution in [-0.4, -0.2) is 41.5 Å². The normalized spacial score (nSPS) is 17.2. The van der Waals surface area contributed by atoms with E-state index < -0.39 is 17.4 Å². The standard InChI is InChI=1S/C16H22F2N2O2/c1-20(2)11-13-6-3-5-12(9-13)10-19-14(21)16(17,18)15(22)7-4-8-15/h3,5-6,9,22H,4,7-8,10-11H2,1-2H3,(H,19,21). The van der Waals surface area contributed by atoms with Crippen LogP contribution in [0.15, 0.2) is 24.3 Å². The van der Waals surface area contributed by atoms with Crippen molar-refractivity contribution in [3.05, 3.63) is 35.4 Å². The summed E-state index contributed by atoms with van der Waals surface area (Å²) in [4.78, 5) is 13.7. The lowest BCUT2D eigenvalue weighted by Gasteiger charge is -2.41. The predicted molar refractivity (Wildman–Crippen MR) is 79.4 cm³/mol. The molecule has 1 saturated carbocycles. The largest absolute Gasteiger partial charge is 0.383 e. The summed E-state index contributed by atoms with van der Waals surface area (Å²) in [7, 11) is 3.88. The van der Waals surface area contributed by atoms with E-state index in [2.05, 4.69) is 5.32 Å². The van der Waals surface area contributed by atoms with Gasteiger partial charge in [0.2, 0.25) is 0 Å². The van der Waals surface area contributed by atoms with Crippen molar-refractivity contribution in [2.45, 2.75) is 43.9 Å². The summed E-state index contributed by atoms with van der Waals surface area (Å²) in [6.45, 7) is 0.753. The zero-order chi connectivity index (χ0) is 16.4. The molecule has 0 spiro atoms. The molecule has 0 aromatic heterocycles. The summed E-state index contributed by atoms with van der Waals surface area (Å²) >= 11 is 0. The third-order valence-corrected chi connectivity index (χ3v) is 3.99. The number of benzene rings is 1. The zero-order valence-electron chi connectivity index (χ0n) is 12.9. The highest BCUT2D eigenvalue weighted by Gasteiger charge is 2.61. The van der Waals surface area contributed by atoms with E-state index in [1.807, 2.05) is 37.2 Å². The van der Waals surface area contributed by atoms with Gasteiger partial charge < -0.3 is 15.3 Å². The van der Waals surface area contributed by atoms with Crippen LogP contribution in [0.3, 0.4) is 0 Å². The van der Waals surface area contributed by atoms with Crippen LogP contribution in [-0.2, 0) is 17.9 Å². The van der Waals surface area contributed by atoms with Gasteiger partial charge in [-0.15, -0.1) is 0 Å². The Morgan fingerprint density at radius 3 is 2.55 bits per heavy atom. The Morgan fingerprint density at radius 2 is 2.00 bits per heavy atom. The first-order valence-corrected chi connectivity index (χ1v) is 7.36. The first kappa shape index (κ1) is 16.8. The fourth-order valence-corrected chi connectivity index (χ4v) is 2.53. The topological polar surface area (TPSA) is 52.6 Å². The van der Waals surface area contributed by atoms with Gasteiger partial charge in [-0.2, -0.15) is 8.78 Å². The SMILES string of the molecule is CN(C)Cc1cccc(CNC(=O)C(F)(F)C2(O)CCC2)c1. The number of hydrogen-bond acceptors (Lipinski definition) is 3. The van der Waals surface area contributed by atoms with E-state index >= 15 is 0 Å². The van der Waals surface area contributed by atoms with Crippen molar-refractivity contribution in [2.75, 3.05) is 14.1 Å². The molecule has 1 amide bonds. The average Bonchev–Trinajstić information content (AvgIpc) is 2.41. The number of carbonyl (C=O) groups is 1. The smallest absolute Gasteiger partial charge is 0.352 e. The highest BCUT2D eigenvalue weighted by Crippen LogP contribution is 2.44. The number of nitrogens with zero attached hydrogens (tertiary/aromatic N) is 1. The molecule has 6 heteroatoms. The van der Waals surface area contributed by atoms with Gasteiger partial charge in [0, 0.05) is 13.1 Å². The first-order chi connectivity index (χ1) is 10.2. The lowest BCUT2D eigenvalue weighted by Crippen LogP contribution is -2.60. The minimum Gasteiger partial charge on any atom is -0.383 e. The molecular weight excluding hydrogens is 290 g/mol. The Kier molecular flexibility index (Phi) is 4.82. The molecule has 22 heavy (non-hydrogen) atoms. The van der Waals surface area contributed by atoms with Crippen LogP contribution in [0.4, 0.5) is 8.78 Å². The summed E-state index contributed by atoms with van der Waals surface area (Å²) in [6, 6.07) is 7.42. The number of nitrogens with one attached hydrogen (secondary N) is 1. The maximum atomic E-state index is 13.9. The second-order valence-electron chi connectivity index (χ2n) is 6.20. The van der Waals surface area contributed by atoms with E-state index in [1.54, 1.807) is 6.07 Å². The molecule has 0 radical (unpaired) electrons. The van der Waals surface area contributed by atoms with E-state index in [0.29, 0.717) is 6.42 Å². The Hall–Kier alpha value is -1.53. The van der Waals surface area contributed by atoms with Crippen LogP contribution in [0.5, 0.6) is 0 Å². The van der Waals surface area contributed by atoms with Gasteiger partial charge in [-0.1, -0.05) is 24.3 Å². The molecule has 2 N–H and O–H groups in total. The summed E-state index contributed by atoms with van der Waals surface area (Å²) in [6.07, 6.45) is 0.448. The van der Waals surface area contributed by atoms with Gasteiger partial charge in [0.05, 0.1) is 0 Å². The quantitative estimate of drug-likeness (QED) is 0.844. The zero-order valence-corrected chi connectivity index (χ0v) is 12.9. The molecule has 122 valence electrons. The molecule has 2 rings (SSSR count). The van der Waals surface area contributed by atoms with E-state index in [4.69, 9.17) is 0 Å². The minimum atomic E-state index is -3.74. The van der Waals surface area contributed by atoms with Crippen LogP contribution in [0.2, 0.25) is 0 Å². The van der Waals surface area contributed by atoms with Gasteiger partial charge in [0.15, 0.2) is 0 Å². The van der Waals surface area contributed by atoms with Crippen molar-refractivity contribution in [1.29, 1.82) is 0 Å². The van der Waals surface area contributed by atoms with Gasteiger partial charge in [-0.3, -0.25) is 4.79 Å². The molecule has 4 nitrogen and oxygen atoms in total. The van der Waals surface area contributed by atoms with Gasteiger partial charge in [0.1, 0.15) is 5.60 Å². The maximum absolute atomic E-state index is 13.9. The van der Waals surface area contributed by atoms with Crippen LogP contribution in [0.1, 0.15) is 30.4 Å². The molecule has 1 aliphatic rings. The van der Waals surface area contributed by atoms with Gasteiger partial charge >= 0.3 is 5.92 Å². The van der Waals surface area contributed by atoms with Crippen molar-refractivity contribution in [1.82, 2.24) is 10.2 Å². The van der Waals surface area contributed by atoms with Crippen molar-refractivity contribution in [3.8, 4) is 0 Å². The molecule has 1 aromatic carbocycles. The van der Waals surface area contributed by atoms with Gasteiger partial charge in [-0.25, -0.2) is 0 Å². The maximum Gasteiger partial charge on any atom is 0.352 e. The molecule has 0 unspecified atom stereocenters. The van der Waals surface area contributed by atoms with Crippen molar-refractivity contribution in [2.24, 2.45) is 0 Å². The van der Waals surface area contributed by atoms with Crippen LogP contribution in [0, 0.1) is 0 Å². The van der Waals surface area contributed by atoms with Gasteiger partial charge in [0.25, 0.3) is 5.91 Å². The van der Waals surface area contributed by atoms with E-state index in [0.717, 1.165) is 17.7 Å². The summed E-state index contributed by atoms with van der Waals surface area (Å²) in [5.74, 6) is -5.15. The number of aliphatic hydroxyl groups is 1. The Balaban J connectivity index is 1.96. The molecule has 1 fully saturated rings.